The number of oxazole rings is 1. The average molecular weight is 411 g/mol. The van der Waals surface area contributed by atoms with Gasteiger partial charge in [0.05, 0.1) is 21.3 Å². The molecule has 0 unspecified atom stereocenters. The van der Waals surface area contributed by atoms with Crippen LogP contribution in [-0.2, 0) is 0 Å². The van der Waals surface area contributed by atoms with E-state index in [1.54, 1.807) is 18.3 Å². The number of hydrogen-bond acceptors (Lipinski definition) is 5. The average Bonchev–Trinajstić information content (AvgIpc) is 3.34. The lowest BCUT2D eigenvalue weighted by Gasteiger charge is -2.00. The number of nitrogens with zero attached hydrogens (tertiary/aromatic N) is 2. The number of ether oxygens (including phenoxy) is 2. The van der Waals surface area contributed by atoms with Crippen molar-refractivity contribution in [2.24, 2.45) is 4.99 Å². The fourth-order valence-electron chi connectivity index (χ4n) is 2.92. The van der Waals surface area contributed by atoms with E-state index < -0.39 is 0 Å². The third kappa shape index (κ3) is 3.09. The van der Waals surface area contributed by atoms with Crippen LogP contribution in [0.2, 0.25) is 10.0 Å². The number of hydrogen-bond donors (Lipinski definition) is 0. The smallest absolute Gasteiger partial charge is 0.231 e. The van der Waals surface area contributed by atoms with Crippen LogP contribution in [-0.4, -0.2) is 18.0 Å². The van der Waals surface area contributed by atoms with Crippen LogP contribution in [0, 0.1) is 0 Å². The molecule has 7 heteroatoms. The maximum atomic E-state index is 6.27. The molecule has 0 fully saturated rings. The van der Waals surface area contributed by atoms with E-state index in [4.69, 9.17) is 37.1 Å². The Labute approximate surface area is 170 Å². The van der Waals surface area contributed by atoms with Crippen molar-refractivity contribution in [2.45, 2.75) is 0 Å². The lowest BCUT2D eigenvalue weighted by Crippen LogP contribution is -1.92. The lowest BCUT2D eigenvalue weighted by molar-refractivity contribution is 0.174. The molecule has 28 heavy (non-hydrogen) atoms. The lowest BCUT2D eigenvalue weighted by atomic mass is 10.2. The molecule has 138 valence electrons. The largest absolute Gasteiger partial charge is 0.454 e. The summed E-state index contributed by atoms with van der Waals surface area (Å²) in [6.45, 7) is 0.248. The predicted octanol–water partition coefficient (Wildman–Crippen LogP) is 6.28. The Morgan fingerprint density at radius 2 is 1.86 bits per heavy atom. The van der Waals surface area contributed by atoms with Crippen molar-refractivity contribution >= 4 is 46.2 Å². The van der Waals surface area contributed by atoms with Crippen LogP contribution >= 0.6 is 23.2 Å². The monoisotopic (exact) mass is 410 g/mol. The maximum Gasteiger partial charge on any atom is 0.231 e. The maximum absolute atomic E-state index is 6.27. The summed E-state index contributed by atoms with van der Waals surface area (Å²) in [4.78, 5) is 9.04. The van der Waals surface area contributed by atoms with Gasteiger partial charge >= 0.3 is 0 Å². The molecule has 0 saturated heterocycles. The number of fused-ring (bicyclic) bond motifs is 2. The van der Waals surface area contributed by atoms with Crippen LogP contribution in [0.25, 0.3) is 22.6 Å². The Balaban J connectivity index is 1.46. The quantitative estimate of drug-likeness (QED) is 0.372. The zero-order chi connectivity index (χ0) is 19.1. The number of aliphatic imine (C=N–C) groups is 1. The van der Waals surface area contributed by atoms with Crippen LogP contribution in [0.5, 0.6) is 11.5 Å². The zero-order valence-electron chi connectivity index (χ0n) is 14.4. The van der Waals surface area contributed by atoms with Crippen molar-refractivity contribution in [3.63, 3.8) is 0 Å². The molecule has 1 aliphatic rings. The van der Waals surface area contributed by atoms with Gasteiger partial charge in [-0.1, -0.05) is 29.3 Å². The van der Waals surface area contributed by atoms with Crippen LogP contribution in [0.15, 0.2) is 64.0 Å². The van der Waals surface area contributed by atoms with Gasteiger partial charge in [-0.3, -0.25) is 4.99 Å². The molecular formula is C21H12Cl2N2O3. The van der Waals surface area contributed by atoms with Crippen LogP contribution in [0.4, 0.5) is 5.69 Å². The highest BCUT2D eigenvalue weighted by molar-refractivity contribution is 6.43. The first-order chi connectivity index (χ1) is 13.7. The predicted molar refractivity (Wildman–Crippen MR) is 109 cm³/mol. The van der Waals surface area contributed by atoms with E-state index in [0.717, 1.165) is 22.7 Å². The van der Waals surface area contributed by atoms with Gasteiger partial charge in [0.1, 0.15) is 5.52 Å². The minimum atomic E-state index is 0.248. The van der Waals surface area contributed by atoms with Crippen molar-refractivity contribution in [1.29, 1.82) is 0 Å². The van der Waals surface area contributed by atoms with E-state index in [1.165, 1.54) is 0 Å². The standard InChI is InChI=1S/C21H12Cl2N2O3/c22-15-3-1-2-14(20(15)23)21-25-16-9-13(5-7-17(16)28-21)24-10-12-4-6-18-19(8-12)27-11-26-18/h1-10H,11H2. The van der Waals surface area contributed by atoms with Gasteiger partial charge in [0, 0.05) is 6.21 Å². The van der Waals surface area contributed by atoms with E-state index in [0.29, 0.717) is 32.6 Å². The second kappa shape index (κ2) is 6.86. The van der Waals surface area contributed by atoms with Crippen molar-refractivity contribution in [1.82, 2.24) is 4.98 Å². The molecule has 1 aliphatic heterocycles. The summed E-state index contributed by atoms with van der Waals surface area (Å²) in [6, 6.07) is 16.6. The first-order valence-electron chi connectivity index (χ1n) is 8.46. The molecule has 5 rings (SSSR count). The second-order valence-corrected chi connectivity index (χ2v) is 6.93. The molecule has 0 radical (unpaired) electrons. The molecule has 0 atom stereocenters. The summed E-state index contributed by atoms with van der Waals surface area (Å²) in [5.74, 6) is 1.88. The topological polar surface area (TPSA) is 56.9 Å². The SMILES string of the molecule is Clc1cccc(-c2nc3cc(N=Cc4ccc5c(c4)OCO5)ccc3o2)c1Cl. The van der Waals surface area contributed by atoms with Gasteiger partial charge in [0.25, 0.3) is 0 Å². The Hall–Kier alpha value is -3.02. The van der Waals surface area contributed by atoms with E-state index in [2.05, 4.69) is 9.98 Å². The van der Waals surface area contributed by atoms with Crippen molar-refractivity contribution in [3.05, 3.63) is 70.2 Å². The van der Waals surface area contributed by atoms with Crippen molar-refractivity contribution < 1.29 is 13.9 Å². The summed E-state index contributed by atoms with van der Waals surface area (Å²) < 4.78 is 16.5. The number of aromatic nitrogens is 1. The second-order valence-electron chi connectivity index (χ2n) is 6.14. The summed E-state index contributed by atoms with van der Waals surface area (Å²) in [5, 5.41) is 0.868. The zero-order valence-corrected chi connectivity index (χ0v) is 15.9. The van der Waals surface area contributed by atoms with Gasteiger partial charge in [-0.05, 0) is 54.1 Å². The number of benzene rings is 3. The fourth-order valence-corrected chi connectivity index (χ4v) is 3.30. The van der Waals surface area contributed by atoms with E-state index in [9.17, 15) is 0 Å². The Kier molecular flexibility index (Phi) is 4.19. The van der Waals surface area contributed by atoms with Gasteiger partial charge in [-0.15, -0.1) is 0 Å². The van der Waals surface area contributed by atoms with Gasteiger partial charge < -0.3 is 13.9 Å². The van der Waals surface area contributed by atoms with Crippen molar-refractivity contribution in [2.75, 3.05) is 6.79 Å². The third-order valence-corrected chi connectivity index (χ3v) is 5.13. The Bertz CT molecular complexity index is 1230. The third-order valence-electron chi connectivity index (χ3n) is 4.31. The molecule has 0 amide bonds. The summed E-state index contributed by atoms with van der Waals surface area (Å²) >= 11 is 12.4. The van der Waals surface area contributed by atoms with Crippen LogP contribution in [0.3, 0.4) is 0 Å². The molecule has 0 bridgehead atoms. The number of rotatable bonds is 3. The highest BCUT2D eigenvalue weighted by Gasteiger charge is 2.14. The van der Waals surface area contributed by atoms with Gasteiger partial charge in [-0.25, -0.2) is 4.98 Å². The summed E-state index contributed by atoms with van der Waals surface area (Å²) in [7, 11) is 0. The minimum Gasteiger partial charge on any atom is -0.454 e. The highest BCUT2D eigenvalue weighted by atomic mass is 35.5. The number of halogens is 2. The van der Waals surface area contributed by atoms with Gasteiger partial charge in [0.15, 0.2) is 17.1 Å². The van der Waals surface area contributed by atoms with E-state index in [1.807, 2.05) is 42.5 Å². The molecule has 1 aromatic heterocycles. The fraction of sp³-hybridized carbons (Fsp3) is 0.0476. The minimum absolute atomic E-state index is 0.248. The normalized spacial score (nSPS) is 12.9. The Morgan fingerprint density at radius 3 is 2.79 bits per heavy atom. The first kappa shape index (κ1) is 17.1. The van der Waals surface area contributed by atoms with Crippen LogP contribution < -0.4 is 9.47 Å². The molecule has 0 saturated carbocycles. The molecule has 3 aromatic carbocycles. The van der Waals surface area contributed by atoms with Crippen LogP contribution in [0.1, 0.15) is 5.56 Å². The van der Waals surface area contributed by atoms with Crippen molar-refractivity contribution in [3.8, 4) is 23.0 Å². The molecule has 4 aromatic rings. The van der Waals surface area contributed by atoms with E-state index >= 15 is 0 Å². The molecule has 0 spiro atoms. The summed E-state index contributed by atoms with van der Waals surface area (Å²) in [5.41, 5.74) is 3.65. The molecular weight excluding hydrogens is 399 g/mol. The molecule has 0 N–H and O–H groups in total. The van der Waals surface area contributed by atoms with Gasteiger partial charge in [-0.2, -0.15) is 0 Å². The summed E-state index contributed by atoms with van der Waals surface area (Å²) in [6.07, 6.45) is 1.76. The molecule has 2 heterocycles. The molecule has 0 aliphatic carbocycles. The molecule has 5 nitrogen and oxygen atoms in total. The van der Waals surface area contributed by atoms with Gasteiger partial charge in [0.2, 0.25) is 12.7 Å². The first-order valence-corrected chi connectivity index (χ1v) is 9.22. The Morgan fingerprint density at radius 1 is 0.964 bits per heavy atom. The highest BCUT2D eigenvalue weighted by Crippen LogP contribution is 2.35. The van der Waals surface area contributed by atoms with E-state index in [-0.39, 0.29) is 6.79 Å².